The van der Waals surface area contributed by atoms with Gasteiger partial charge in [-0.2, -0.15) is 18.3 Å². The van der Waals surface area contributed by atoms with E-state index in [0.717, 1.165) is 0 Å². The number of halogens is 5. The van der Waals surface area contributed by atoms with Crippen LogP contribution in [-0.4, -0.2) is 33.5 Å². The second-order valence-corrected chi connectivity index (χ2v) is 6.71. The number of nitrogens with zero attached hydrogens (tertiary/aromatic N) is 3. The molecule has 2 N–H and O–H groups in total. The van der Waals surface area contributed by atoms with Crippen molar-refractivity contribution in [2.75, 3.05) is 5.32 Å². The van der Waals surface area contributed by atoms with Crippen molar-refractivity contribution in [2.24, 2.45) is 4.99 Å². The Kier molecular flexibility index (Phi) is 4.94. The highest BCUT2D eigenvalue weighted by molar-refractivity contribution is 6.21. The monoisotopic (exact) mass is 437 g/mol. The molecule has 0 saturated carbocycles. The Labute approximate surface area is 171 Å². The summed E-state index contributed by atoms with van der Waals surface area (Å²) in [6.45, 7) is 0. The second-order valence-electron chi connectivity index (χ2n) is 6.29. The molecule has 1 aliphatic rings. The van der Waals surface area contributed by atoms with E-state index in [2.05, 4.69) is 15.4 Å². The molecule has 0 spiro atoms. The lowest BCUT2D eigenvalue weighted by molar-refractivity contribution is -0.167. The van der Waals surface area contributed by atoms with Crippen LogP contribution < -0.4 is 10.6 Å². The predicted octanol–water partition coefficient (Wildman–Crippen LogP) is 4.18. The Morgan fingerprint density at radius 3 is 2.77 bits per heavy atom. The smallest absolute Gasteiger partial charge is 0.351 e. The topological polar surface area (TPSA) is 70.8 Å². The zero-order valence-corrected chi connectivity index (χ0v) is 15.7. The van der Waals surface area contributed by atoms with E-state index >= 15 is 0 Å². The molecule has 3 aromatic rings. The van der Waals surface area contributed by atoms with Crippen molar-refractivity contribution in [3.05, 3.63) is 60.1 Å². The summed E-state index contributed by atoms with van der Waals surface area (Å²) in [5.41, 5.74) is 1.59. The quantitative estimate of drug-likeness (QED) is 0.367. The van der Waals surface area contributed by atoms with Gasteiger partial charge in [-0.05, 0) is 30.3 Å². The van der Waals surface area contributed by atoms with Crippen molar-refractivity contribution in [2.45, 2.75) is 11.8 Å². The molecule has 0 fully saturated rings. The molecule has 0 aliphatic carbocycles. The van der Waals surface area contributed by atoms with Gasteiger partial charge >= 0.3 is 12.1 Å². The summed E-state index contributed by atoms with van der Waals surface area (Å²) in [6.07, 6.45) is -0.696. The Hall–Kier alpha value is -3.40. The number of rotatable bonds is 3. The minimum Gasteiger partial charge on any atom is -0.351 e. The fraction of sp³-hybridized carbons (Fsp3) is 0.105. The molecule has 11 heteroatoms. The highest BCUT2D eigenvalue weighted by Gasteiger charge is 2.38. The number of allylic oxidation sites excluding steroid dienone is 1. The lowest BCUT2D eigenvalue weighted by Crippen LogP contribution is -2.29. The van der Waals surface area contributed by atoms with Crippen molar-refractivity contribution < 1.29 is 22.4 Å². The van der Waals surface area contributed by atoms with Gasteiger partial charge < -0.3 is 10.6 Å². The number of carbonyl (C=O) groups excluding carboxylic acids is 1. The number of aromatic nitrogens is 2. The number of hydrogen-bond acceptors (Lipinski definition) is 4. The third kappa shape index (κ3) is 3.86. The molecule has 1 unspecified atom stereocenters. The summed E-state index contributed by atoms with van der Waals surface area (Å²) in [7, 11) is 0. The maximum absolute atomic E-state index is 13.7. The minimum absolute atomic E-state index is 0.0635. The van der Waals surface area contributed by atoms with E-state index in [1.165, 1.54) is 47.3 Å². The first-order valence-electron chi connectivity index (χ1n) is 8.53. The van der Waals surface area contributed by atoms with Crippen LogP contribution in [0.15, 0.2) is 53.7 Å². The van der Waals surface area contributed by atoms with Gasteiger partial charge in [-0.25, -0.2) is 8.91 Å². The first kappa shape index (κ1) is 19.9. The van der Waals surface area contributed by atoms with Crippen LogP contribution in [-0.2, 0) is 4.79 Å². The molecule has 1 atom stereocenters. The maximum atomic E-state index is 13.7. The minimum atomic E-state index is -5.02. The van der Waals surface area contributed by atoms with Crippen LogP contribution in [0.4, 0.5) is 23.2 Å². The van der Waals surface area contributed by atoms with Crippen LogP contribution in [0.3, 0.4) is 0 Å². The Morgan fingerprint density at radius 1 is 1.23 bits per heavy atom. The molecule has 6 nitrogen and oxygen atoms in total. The first-order valence-corrected chi connectivity index (χ1v) is 8.97. The number of anilines is 1. The van der Waals surface area contributed by atoms with Crippen LogP contribution in [0, 0.1) is 5.82 Å². The summed E-state index contributed by atoms with van der Waals surface area (Å²) in [6, 6.07) is 8.54. The van der Waals surface area contributed by atoms with Gasteiger partial charge in [-0.3, -0.25) is 9.79 Å². The molecule has 1 aliphatic heterocycles. The van der Waals surface area contributed by atoms with Crippen LogP contribution in [0.1, 0.15) is 5.56 Å². The average Bonchev–Trinajstić information content (AvgIpc) is 3.06. The standard InChI is InChI=1S/C19H12ClF4N5O/c20-18-25-7-6-13(27-18)15-14-5-4-11(21)9-29(14)28-16(15)10-2-1-3-12(8-10)26-17(30)19(22,23)24/h1-9,18,27H,(H,26,30). The molecule has 0 bridgehead atoms. The molecule has 30 heavy (non-hydrogen) atoms. The lowest BCUT2D eigenvalue weighted by atomic mass is 10.0. The molecule has 4 rings (SSSR count). The molecule has 0 radical (unpaired) electrons. The highest BCUT2D eigenvalue weighted by atomic mass is 35.5. The summed E-state index contributed by atoms with van der Waals surface area (Å²) in [5, 5.41) is 9.16. The fourth-order valence-corrected chi connectivity index (χ4v) is 3.18. The summed E-state index contributed by atoms with van der Waals surface area (Å²) in [4.78, 5) is 15.2. The maximum Gasteiger partial charge on any atom is 0.471 e. The molecule has 2 aromatic heterocycles. The normalized spacial score (nSPS) is 16.3. The largest absolute Gasteiger partial charge is 0.471 e. The number of amides is 1. The van der Waals surface area contributed by atoms with E-state index in [4.69, 9.17) is 11.6 Å². The van der Waals surface area contributed by atoms with Crippen molar-refractivity contribution in [3.8, 4) is 11.3 Å². The molecule has 3 heterocycles. The highest BCUT2D eigenvalue weighted by Crippen LogP contribution is 2.33. The molecule has 1 aromatic carbocycles. The lowest BCUT2D eigenvalue weighted by Gasteiger charge is -2.17. The second kappa shape index (κ2) is 7.45. The third-order valence-electron chi connectivity index (χ3n) is 4.25. The van der Waals surface area contributed by atoms with E-state index in [9.17, 15) is 22.4 Å². The molecule has 1 amide bonds. The fourth-order valence-electron chi connectivity index (χ4n) is 3.00. The van der Waals surface area contributed by atoms with Crippen molar-refractivity contribution in [3.63, 3.8) is 0 Å². The Balaban J connectivity index is 1.84. The van der Waals surface area contributed by atoms with Crippen LogP contribution in [0.25, 0.3) is 22.5 Å². The van der Waals surface area contributed by atoms with Gasteiger partial charge in [0.2, 0.25) is 0 Å². The van der Waals surface area contributed by atoms with E-state index in [1.54, 1.807) is 12.1 Å². The van der Waals surface area contributed by atoms with Gasteiger partial charge in [0.25, 0.3) is 0 Å². The van der Waals surface area contributed by atoms with Gasteiger partial charge in [0.1, 0.15) is 11.5 Å². The van der Waals surface area contributed by atoms with Crippen LogP contribution in [0.5, 0.6) is 0 Å². The zero-order chi connectivity index (χ0) is 21.5. The Morgan fingerprint density at radius 2 is 2.03 bits per heavy atom. The van der Waals surface area contributed by atoms with Crippen molar-refractivity contribution in [1.29, 1.82) is 0 Å². The molecule has 0 saturated heterocycles. The number of benzene rings is 1. The summed E-state index contributed by atoms with van der Waals surface area (Å²) >= 11 is 6.04. The van der Waals surface area contributed by atoms with Crippen molar-refractivity contribution >= 4 is 40.6 Å². The van der Waals surface area contributed by atoms with Crippen LogP contribution in [0.2, 0.25) is 0 Å². The third-order valence-corrected chi connectivity index (χ3v) is 4.47. The van der Waals surface area contributed by atoms with E-state index in [0.29, 0.717) is 28.0 Å². The zero-order valence-electron chi connectivity index (χ0n) is 14.9. The number of nitrogens with one attached hydrogen (secondary N) is 2. The van der Waals surface area contributed by atoms with E-state index in [-0.39, 0.29) is 5.69 Å². The summed E-state index contributed by atoms with van der Waals surface area (Å²) < 4.78 is 52.8. The van der Waals surface area contributed by atoms with Gasteiger partial charge in [-0.1, -0.05) is 23.7 Å². The number of carbonyl (C=O) groups is 1. The first-order chi connectivity index (χ1) is 14.2. The van der Waals surface area contributed by atoms with Gasteiger partial charge in [-0.15, -0.1) is 0 Å². The number of hydrogen-bond donors (Lipinski definition) is 2. The molecular weight excluding hydrogens is 426 g/mol. The summed E-state index contributed by atoms with van der Waals surface area (Å²) in [5.74, 6) is -2.61. The number of alkyl halides is 4. The molecular formula is C19H12ClF4N5O. The van der Waals surface area contributed by atoms with Crippen molar-refractivity contribution in [1.82, 2.24) is 14.9 Å². The number of pyridine rings is 1. The van der Waals surface area contributed by atoms with E-state index < -0.39 is 23.5 Å². The SMILES string of the molecule is O=C(Nc1cccc(-c2nn3cc(F)ccc3c2C2=CC=NC(Cl)N2)c1)C(F)(F)F. The van der Waals surface area contributed by atoms with Crippen LogP contribution >= 0.6 is 11.6 Å². The van der Waals surface area contributed by atoms with E-state index in [1.807, 2.05) is 5.32 Å². The average molecular weight is 438 g/mol. The predicted molar refractivity (Wildman–Crippen MR) is 105 cm³/mol. The number of aliphatic imine (C=N–C) groups is 1. The number of fused-ring (bicyclic) bond motifs is 1. The van der Waals surface area contributed by atoms with Gasteiger partial charge in [0.15, 0.2) is 5.62 Å². The van der Waals surface area contributed by atoms with Gasteiger partial charge in [0.05, 0.1) is 17.3 Å². The Bertz CT molecular complexity index is 1200. The molecule has 154 valence electrons. The van der Waals surface area contributed by atoms with Gasteiger partial charge in [0, 0.05) is 23.2 Å².